The van der Waals surface area contributed by atoms with E-state index in [0.717, 1.165) is 16.9 Å². The highest BCUT2D eigenvalue weighted by atomic mass is 16.5. The lowest BCUT2D eigenvalue weighted by Gasteiger charge is -2.05. The Morgan fingerprint density at radius 2 is 1.91 bits per heavy atom. The minimum Gasteiger partial charge on any atom is -0.497 e. The molecule has 0 aliphatic heterocycles. The Morgan fingerprint density at radius 3 is 2.59 bits per heavy atom. The van der Waals surface area contributed by atoms with Gasteiger partial charge in [0, 0.05) is 0 Å². The zero-order chi connectivity index (χ0) is 15.8. The molecule has 2 aromatic rings. The fourth-order valence-corrected chi connectivity index (χ4v) is 1.78. The molecule has 114 valence electrons. The molecule has 1 amide bonds. The van der Waals surface area contributed by atoms with Crippen LogP contribution in [0.4, 0.5) is 0 Å². The summed E-state index contributed by atoms with van der Waals surface area (Å²) in [5, 5.41) is 3.90. The number of nitrogens with one attached hydrogen (secondary N) is 1. The van der Waals surface area contributed by atoms with Crippen molar-refractivity contribution in [2.24, 2.45) is 5.10 Å². The summed E-state index contributed by atoms with van der Waals surface area (Å²) in [5.41, 5.74) is 4.49. The second-order valence-electron chi connectivity index (χ2n) is 4.67. The smallest absolute Gasteiger partial charge is 0.277 e. The number of aryl methyl sites for hydroxylation is 1. The topological polar surface area (TPSA) is 59.9 Å². The van der Waals surface area contributed by atoms with E-state index in [2.05, 4.69) is 10.5 Å². The second kappa shape index (κ2) is 7.83. The van der Waals surface area contributed by atoms with E-state index in [9.17, 15) is 4.79 Å². The molecule has 0 aliphatic rings. The monoisotopic (exact) mass is 298 g/mol. The van der Waals surface area contributed by atoms with E-state index in [-0.39, 0.29) is 12.5 Å². The van der Waals surface area contributed by atoms with Crippen molar-refractivity contribution in [1.82, 2.24) is 5.43 Å². The van der Waals surface area contributed by atoms with Gasteiger partial charge in [-0.25, -0.2) is 5.43 Å². The molecule has 0 spiro atoms. The van der Waals surface area contributed by atoms with Crippen LogP contribution in [-0.2, 0) is 4.79 Å². The Labute approximate surface area is 129 Å². The van der Waals surface area contributed by atoms with Gasteiger partial charge in [0.25, 0.3) is 5.91 Å². The summed E-state index contributed by atoms with van der Waals surface area (Å²) < 4.78 is 10.4. The Bertz CT molecular complexity index is 651. The van der Waals surface area contributed by atoms with Crippen LogP contribution in [0.15, 0.2) is 53.6 Å². The minimum atomic E-state index is -0.320. The summed E-state index contributed by atoms with van der Waals surface area (Å²) in [6.07, 6.45) is 1.60. The standard InChI is InChI=1S/C17H18N2O3/c1-13-4-3-5-14(10-13)11-18-19-17(20)12-22-16-8-6-15(21-2)7-9-16/h3-11H,12H2,1-2H3,(H,19,20)/b18-11-. The van der Waals surface area contributed by atoms with Crippen molar-refractivity contribution in [2.45, 2.75) is 6.92 Å². The van der Waals surface area contributed by atoms with Crippen molar-refractivity contribution < 1.29 is 14.3 Å². The van der Waals surface area contributed by atoms with Gasteiger partial charge in [-0.05, 0) is 36.8 Å². The van der Waals surface area contributed by atoms with E-state index in [1.54, 1.807) is 37.6 Å². The first-order valence-corrected chi connectivity index (χ1v) is 6.83. The van der Waals surface area contributed by atoms with Gasteiger partial charge in [0.2, 0.25) is 0 Å². The van der Waals surface area contributed by atoms with E-state index < -0.39 is 0 Å². The average molecular weight is 298 g/mol. The molecule has 5 nitrogen and oxygen atoms in total. The van der Waals surface area contributed by atoms with E-state index in [0.29, 0.717) is 5.75 Å². The third kappa shape index (κ3) is 4.94. The van der Waals surface area contributed by atoms with Crippen LogP contribution in [0.1, 0.15) is 11.1 Å². The molecule has 0 saturated carbocycles. The fourth-order valence-electron chi connectivity index (χ4n) is 1.78. The number of ether oxygens (including phenoxy) is 2. The van der Waals surface area contributed by atoms with Crippen LogP contribution in [-0.4, -0.2) is 25.8 Å². The molecule has 0 bridgehead atoms. The summed E-state index contributed by atoms with van der Waals surface area (Å²) >= 11 is 0. The maximum Gasteiger partial charge on any atom is 0.277 e. The maximum atomic E-state index is 11.6. The van der Waals surface area contributed by atoms with Crippen LogP contribution < -0.4 is 14.9 Å². The van der Waals surface area contributed by atoms with Crippen LogP contribution in [0.25, 0.3) is 0 Å². The Kier molecular flexibility index (Phi) is 5.54. The number of nitrogens with zero attached hydrogens (tertiary/aromatic N) is 1. The van der Waals surface area contributed by atoms with Gasteiger partial charge in [-0.15, -0.1) is 0 Å². The van der Waals surface area contributed by atoms with Gasteiger partial charge in [0.1, 0.15) is 11.5 Å². The fraction of sp³-hybridized carbons (Fsp3) is 0.176. The number of amides is 1. The number of hydrazone groups is 1. The van der Waals surface area contributed by atoms with Gasteiger partial charge in [0.05, 0.1) is 13.3 Å². The van der Waals surface area contributed by atoms with Crippen molar-refractivity contribution in [2.75, 3.05) is 13.7 Å². The zero-order valence-electron chi connectivity index (χ0n) is 12.6. The number of hydrogen-bond donors (Lipinski definition) is 1. The largest absolute Gasteiger partial charge is 0.497 e. The summed E-state index contributed by atoms with van der Waals surface area (Å²) in [4.78, 5) is 11.6. The van der Waals surface area contributed by atoms with Gasteiger partial charge in [-0.3, -0.25) is 4.79 Å². The second-order valence-corrected chi connectivity index (χ2v) is 4.67. The number of benzene rings is 2. The number of methoxy groups -OCH3 is 1. The summed E-state index contributed by atoms with van der Waals surface area (Å²) in [5.74, 6) is 1.01. The van der Waals surface area contributed by atoms with Gasteiger partial charge >= 0.3 is 0 Å². The molecule has 0 aliphatic carbocycles. The van der Waals surface area contributed by atoms with Crippen LogP contribution in [0, 0.1) is 6.92 Å². The van der Waals surface area contributed by atoms with Crippen molar-refractivity contribution >= 4 is 12.1 Å². The lowest BCUT2D eigenvalue weighted by molar-refractivity contribution is -0.123. The first-order valence-electron chi connectivity index (χ1n) is 6.83. The van der Waals surface area contributed by atoms with Crippen molar-refractivity contribution in [3.63, 3.8) is 0 Å². The van der Waals surface area contributed by atoms with E-state index in [1.165, 1.54) is 0 Å². The molecule has 22 heavy (non-hydrogen) atoms. The third-order valence-electron chi connectivity index (χ3n) is 2.87. The summed E-state index contributed by atoms with van der Waals surface area (Å²) in [6.45, 7) is 1.90. The first-order chi connectivity index (χ1) is 10.7. The molecular weight excluding hydrogens is 280 g/mol. The summed E-state index contributed by atoms with van der Waals surface area (Å²) in [6, 6.07) is 14.8. The molecular formula is C17H18N2O3. The normalized spacial score (nSPS) is 10.5. The van der Waals surface area contributed by atoms with Crippen LogP contribution in [0.3, 0.4) is 0 Å². The van der Waals surface area contributed by atoms with Crippen molar-refractivity contribution in [1.29, 1.82) is 0 Å². The van der Waals surface area contributed by atoms with E-state index >= 15 is 0 Å². The van der Waals surface area contributed by atoms with Crippen molar-refractivity contribution in [3.05, 3.63) is 59.7 Å². The van der Waals surface area contributed by atoms with Crippen molar-refractivity contribution in [3.8, 4) is 11.5 Å². The Morgan fingerprint density at radius 1 is 1.18 bits per heavy atom. The Hall–Kier alpha value is -2.82. The highest BCUT2D eigenvalue weighted by Gasteiger charge is 2.01. The molecule has 0 fully saturated rings. The molecule has 0 heterocycles. The molecule has 2 aromatic carbocycles. The maximum absolute atomic E-state index is 11.6. The zero-order valence-corrected chi connectivity index (χ0v) is 12.6. The van der Waals surface area contributed by atoms with Gasteiger partial charge < -0.3 is 9.47 Å². The lowest BCUT2D eigenvalue weighted by atomic mass is 10.2. The number of hydrogen-bond acceptors (Lipinski definition) is 4. The third-order valence-corrected chi connectivity index (χ3v) is 2.87. The van der Waals surface area contributed by atoms with Crippen LogP contribution in [0.5, 0.6) is 11.5 Å². The molecule has 0 radical (unpaired) electrons. The average Bonchev–Trinajstić information content (AvgIpc) is 2.53. The van der Waals surface area contributed by atoms with Gasteiger partial charge in [-0.1, -0.05) is 29.8 Å². The predicted molar refractivity (Wildman–Crippen MR) is 85.4 cm³/mol. The highest BCUT2D eigenvalue weighted by molar-refractivity contribution is 5.83. The number of carbonyl (C=O) groups excluding carboxylic acids is 1. The minimum absolute atomic E-state index is 0.0997. The number of carbonyl (C=O) groups is 1. The van der Waals surface area contributed by atoms with Crippen LogP contribution >= 0.6 is 0 Å². The molecule has 0 saturated heterocycles. The van der Waals surface area contributed by atoms with E-state index in [4.69, 9.17) is 9.47 Å². The summed E-state index contributed by atoms with van der Waals surface area (Å²) in [7, 11) is 1.59. The van der Waals surface area contributed by atoms with Crippen LogP contribution in [0.2, 0.25) is 0 Å². The molecule has 1 N–H and O–H groups in total. The SMILES string of the molecule is COc1ccc(OCC(=O)N/N=C\c2cccc(C)c2)cc1. The lowest BCUT2D eigenvalue weighted by Crippen LogP contribution is -2.24. The predicted octanol–water partition coefficient (Wildman–Crippen LogP) is 2.53. The quantitative estimate of drug-likeness (QED) is 0.658. The molecule has 2 rings (SSSR count). The molecule has 0 aromatic heterocycles. The van der Waals surface area contributed by atoms with Gasteiger partial charge in [-0.2, -0.15) is 5.10 Å². The highest BCUT2D eigenvalue weighted by Crippen LogP contribution is 2.16. The molecule has 5 heteroatoms. The molecule has 0 unspecified atom stereocenters. The Balaban J connectivity index is 1.77. The van der Waals surface area contributed by atoms with Gasteiger partial charge in [0.15, 0.2) is 6.61 Å². The van der Waals surface area contributed by atoms with E-state index in [1.807, 2.05) is 31.2 Å². The number of rotatable bonds is 6. The first kappa shape index (κ1) is 15.6. The molecule has 0 atom stereocenters.